The Bertz CT molecular complexity index is 1280. The van der Waals surface area contributed by atoms with E-state index in [9.17, 15) is 9.59 Å². The summed E-state index contributed by atoms with van der Waals surface area (Å²) in [5, 5.41) is 5.57. The van der Waals surface area contributed by atoms with E-state index in [1.807, 2.05) is 65.2 Å². The number of carbonyl (C=O) groups excluding carboxylic acids is 2. The predicted octanol–water partition coefficient (Wildman–Crippen LogP) is 5.21. The van der Waals surface area contributed by atoms with E-state index in [1.165, 1.54) is 22.7 Å². The average molecular weight is 509 g/mol. The third-order valence-corrected chi connectivity index (χ3v) is 8.25. The number of anilines is 1. The number of thiazole rings is 1. The maximum Gasteiger partial charge on any atom is 0.270 e. The smallest absolute Gasteiger partial charge is 0.270 e. The Morgan fingerprint density at radius 2 is 2.06 bits per heavy atom. The van der Waals surface area contributed by atoms with Gasteiger partial charge in [0.25, 0.3) is 5.91 Å². The molecule has 2 amide bonds. The van der Waals surface area contributed by atoms with Crippen LogP contribution in [-0.2, 0) is 4.79 Å². The van der Waals surface area contributed by atoms with Crippen LogP contribution in [0.1, 0.15) is 29.4 Å². The molecule has 0 spiro atoms. The molecule has 5 rings (SSSR count). The molecule has 1 saturated heterocycles. The maximum atomic E-state index is 13.4. The summed E-state index contributed by atoms with van der Waals surface area (Å²) in [7, 11) is 1.87. The van der Waals surface area contributed by atoms with Gasteiger partial charge in [-0.05, 0) is 43.0 Å². The van der Waals surface area contributed by atoms with Crippen LogP contribution in [-0.4, -0.2) is 65.9 Å². The minimum atomic E-state index is -0.0267. The molecule has 0 saturated carbocycles. The molecule has 1 fully saturated rings. The molecule has 35 heavy (non-hydrogen) atoms. The summed E-state index contributed by atoms with van der Waals surface area (Å²) < 4.78 is 5.98. The van der Waals surface area contributed by atoms with Crippen molar-refractivity contribution in [1.29, 1.82) is 0 Å². The summed E-state index contributed by atoms with van der Waals surface area (Å²) in [5.41, 5.74) is 1.56. The molecule has 9 heteroatoms. The molecule has 0 N–H and O–H groups in total. The monoisotopic (exact) mass is 508 g/mol. The molecular formula is C26H28N4O3S2. The van der Waals surface area contributed by atoms with E-state index in [0.717, 1.165) is 49.1 Å². The second-order valence-corrected chi connectivity index (χ2v) is 10.6. The molecule has 182 valence electrons. The first-order chi connectivity index (χ1) is 17.0. The summed E-state index contributed by atoms with van der Waals surface area (Å²) in [6.07, 6.45) is 1.81. The molecule has 4 heterocycles. The van der Waals surface area contributed by atoms with E-state index in [4.69, 9.17) is 9.40 Å². The van der Waals surface area contributed by atoms with Crippen LogP contribution in [0.3, 0.4) is 0 Å². The minimum Gasteiger partial charge on any atom is -0.454 e. The number of amides is 2. The Kier molecular flexibility index (Phi) is 6.99. The van der Waals surface area contributed by atoms with Crippen LogP contribution in [0.2, 0.25) is 0 Å². The molecule has 1 aliphatic heterocycles. The zero-order valence-corrected chi connectivity index (χ0v) is 21.5. The number of carbonyl (C=O) groups is 2. The van der Waals surface area contributed by atoms with Gasteiger partial charge in [-0.25, -0.2) is 4.98 Å². The van der Waals surface area contributed by atoms with Crippen LogP contribution in [0.25, 0.3) is 22.4 Å². The fraction of sp³-hybridized carbons (Fsp3) is 0.346. The van der Waals surface area contributed by atoms with Crippen molar-refractivity contribution < 1.29 is 14.0 Å². The summed E-state index contributed by atoms with van der Waals surface area (Å²) in [4.78, 5) is 36.5. The van der Waals surface area contributed by atoms with Crippen molar-refractivity contribution >= 4 is 50.6 Å². The summed E-state index contributed by atoms with van der Waals surface area (Å²) in [6.45, 7) is 4.91. The average Bonchev–Trinajstić information content (AvgIpc) is 3.67. The zero-order chi connectivity index (χ0) is 24.4. The number of benzene rings is 1. The minimum absolute atomic E-state index is 0.0267. The van der Waals surface area contributed by atoms with Gasteiger partial charge >= 0.3 is 0 Å². The van der Waals surface area contributed by atoms with Crippen molar-refractivity contribution in [1.82, 2.24) is 14.8 Å². The third kappa shape index (κ3) is 5.17. The number of furan rings is 1. The van der Waals surface area contributed by atoms with Gasteiger partial charge < -0.3 is 14.2 Å². The summed E-state index contributed by atoms with van der Waals surface area (Å²) in [6, 6.07) is 13.9. The molecule has 1 aromatic carbocycles. The van der Waals surface area contributed by atoms with Gasteiger partial charge in [0, 0.05) is 50.4 Å². The highest BCUT2D eigenvalue weighted by Gasteiger charge is 2.27. The van der Waals surface area contributed by atoms with Crippen LogP contribution in [0.4, 0.5) is 5.13 Å². The molecule has 0 aliphatic carbocycles. The lowest BCUT2D eigenvalue weighted by molar-refractivity contribution is -0.129. The molecule has 0 radical (unpaired) electrons. The lowest BCUT2D eigenvalue weighted by Gasteiger charge is -2.24. The number of likely N-dealkylation sites (N-methyl/N-ethyl adjacent to an activating group) is 1. The second kappa shape index (κ2) is 10.3. The number of hydrogen-bond acceptors (Lipinski definition) is 7. The lowest BCUT2D eigenvalue weighted by atomic mass is 10.2. The highest BCUT2D eigenvalue weighted by atomic mass is 32.1. The van der Waals surface area contributed by atoms with E-state index in [2.05, 4.69) is 4.90 Å². The van der Waals surface area contributed by atoms with Crippen LogP contribution >= 0.6 is 22.7 Å². The Labute approximate surface area is 212 Å². The van der Waals surface area contributed by atoms with Gasteiger partial charge in [0.05, 0.1) is 4.88 Å². The van der Waals surface area contributed by atoms with Gasteiger partial charge in [-0.15, -0.1) is 22.7 Å². The normalized spacial score (nSPS) is 16.1. The zero-order valence-electron chi connectivity index (χ0n) is 19.8. The molecule has 1 atom stereocenters. The predicted molar refractivity (Wildman–Crippen MR) is 141 cm³/mol. The Hall–Kier alpha value is -3.01. The van der Waals surface area contributed by atoms with E-state index in [1.54, 1.807) is 11.8 Å². The van der Waals surface area contributed by atoms with Gasteiger partial charge in [0.1, 0.15) is 11.3 Å². The first kappa shape index (κ1) is 23.7. The Morgan fingerprint density at radius 3 is 2.83 bits per heavy atom. The maximum absolute atomic E-state index is 13.4. The van der Waals surface area contributed by atoms with Gasteiger partial charge in [-0.1, -0.05) is 24.3 Å². The molecule has 3 aromatic heterocycles. The highest BCUT2D eigenvalue weighted by molar-refractivity contribution is 7.14. The molecule has 7 nitrogen and oxygen atoms in total. The molecular weight excluding hydrogens is 480 g/mol. The molecule has 4 aromatic rings. The number of rotatable bonds is 8. The third-order valence-electron chi connectivity index (χ3n) is 6.53. The van der Waals surface area contributed by atoms with Crippen molar-refractivity contribution in [2.45, 2.75) is 25.8 Å². The largest absolute Gasteiger partial charge is 0.454 e. The second-order valence-electron chi connectivity index (χ2n) is 8.82. The van der Waals surface area contributed by atoms with Gasteiger partial charge in [0.15, 0.2) is 10.9 Å². The van der Waals surface area contributed by atoms with Crippen molar-refractivity contribution in [2.75, 3.05) is 38.1 Å². The number of thiophene rings is 1. The fourth-order valence-electron chi connectivity index (χ4n) is 4.47. The van der Waals surface area contributed by atoms with Crippen molar-refractivity contribution in [3.05, 3.63) is 58.1 Å². The van der Waals surface area contributed by atoms with Gasteiger partial charge in [0.2, 0.25) is 5.91 Å². The van der Waals surface area contributed by atoms with Crippen LogP contribution in [0.5, 0.6) is 0 Å². The van der Waals surface area contributed by atoms with E-state index in [-0.39, 0.29) is 17.9 Å². The molecule has 1 aliphatic rings. The van der Waals surface area contributed by atoms with Gasteiger partial charge in [-0.3, -0.25) is 14.5 Å². The first-order valence-electron chi connectivity index (χ1n) is 11.7. The number of likely N-dealkylation sites (tertiary alicyclic amines) is 1. The fourth-order valence-corrected chi connectivity index (χ4v) is 5.98. The van der Waals surface area contributed by atoms with Crippen molar-refractivity contribution in [2.24, 2.45) is 0 Å². The number of fused-ring (bicyclic) bond motifs is 1. The lowest BCUT2D eigenvalue weighted by Crippen LogP contribution is -2.38. The number of aromatic nitrogens is 1. The summed E-state index contributed by atoms with van der Waals surface area (Å²) in [5.74, 6) is 0.782. The summed E-state index contributed by atoms with van der Waals surface area (Å²) >= 11 is 2.90. The quantitative estimate of drug-likeness (QED) is 0.327. The van der Waals surface area contributed by atoms with Crippen molar-refractivity contribution in [3.63, 3.8) is 0 Å². The topological polar surface area (TPSA) is 69.9 Å². The standard InChI is InChI=1S/C26H28N4O3S2/c1-18(31)28(2)20-10-13-29(16-20)11-6-12-30(25(32)24-9-5-14-34-24)26-27-21(17-35-26)23-15-19-7-3-4-8-22(19)33-23/h3-5,7-9,14-15,17,20H,6,10-13,16H2,1-2H3. The molecule has 1 unspecified atom stereocenters. The van der Waals surface area contributed by atoms with Crippen LogP contribution < -0.4 is 4.90 Å². The van der Waals surface area contributed by atoms with E-state index >= 15 is 0 Å². The SMILES string of the molecule is CC(=O)N(C)C1CCN(CCCN(C(=O)c2cccs2)c2nc(-c3cc4ccccc4o3)cs2)C1. The van der Waals surface area contributed by atoms with Crippen molar-refractivity contribution in [3.8, 4) is 11.5 Å². The number of nitrogens with zero attached hydrogens (tertiary/aromatic N) is 4. The van der Waals surface area contributed by atoms with Crippen LogP contribution in [0.15, 0.2) is 57.6 Å². The highest BCUT2D eigenvalue weighted by Crippen LogP contribution is 2.32. The number of para-hydroxylation sites is 1. The first-order valence-corrected chi connectivity index (χ1v) is 13.5. The molecule has 0 bridgehead atoms. The van der Waals surface area contributed by atoms with E-state index in [0.29, 0.717) is 22.3 Å². The van der Waals surface area contributed by atoms with Crippen LogP contribution in [0, 0.1) is 0 Å². The Balaban J connectivity index is 1.29. The Morgan fingerprint density at radius 1 is 1.20 bits per heavy atom. The van der Waals surface area contributed by atoms with E-state index < -0.39 is 0 Å². The van der Waals surface area contributed by atoms with Gasteiger partial charge in [-0.2, -0.15) is 0 Å². The number of hydrogen-bond donors (Lipinski definition) is 0.